The average Bonchev–Trinajstić information content (AvgIpc) is 2.41. The maximum absolute atomic E-state index is 12.5. The van der Waals surface area contributed by atoms with Crippen LogP contribution in [0.5, 0.6) is 0 Å². The van der Waals surface area contributed by atoms with Crippen LogP contribution in [-0.2, 0) is 12.7 Å². The van der Waals surface area contributed by atoms with Crippen LogP contribution in [0.1, 0.15) is 21.6 Å². The Labute approximate surface area is 83.5 Å². The zero-order valence-electron chi connectivity index (χ0n) is 7.80. The van der Waals surface area contributed by atoms with E-state index < -0.39 is 17.8 Å². The molecule has 0 atom stereocenters. The Morgan fingerprint density at radius 3 is 2.73 bits per heavy atom. The summed E-state index contributed by atoms with van der Waals surface area (Å²) in [4.78, 5) is 15.9. The normalized spacial score (nSPS) is 15.7. The molecule has 1 aromatic heterocycles. The van der Waals surface area contributed by atoms with Gasteiger partial charge in [0.1, 0.15) is 5.69 Å². The van der Waals surface area contributed by atoms with Gasteiger partial charge in [0.15, 0.2) is 0 Å². The summed E-state index contributed by atoms with van der Waals surface area (Å²) in [6.07, 6.45) is -3.49. The van der Waals surface area contributed by atoms with Crippen LogP contribution in [0.15, 0.2) is 12.3 Å². The lowest BCUT2D eigenvalue weighted by molar-refractivity contribution is -0.141. The van der Waals surface area contributed by atoms with Crippen LogP contribution in [0.25, 0.3) is 0 Å². The molecule has 80 valence electrons. The van der Waals surface area contributed by atoms with E-state index in [1.807, 2.05) is 0 Å². The highest BCUT2D eigenvalue weighted by atomic mass is 19.4. The minimum Gasteiger partial charge on any atom is -0.337 e. The van der Waals surface area contributed by atoms with Crippen molar-refractivity contribution < 1.29 is 18.0 Å². The van der Waals surface area contributed by atoms with Gasteiger partial charge in [-0.1, -0.05) is 0 Å². The molecule has 15 heavy (non-hydrogen) atoms. The summed E-state index contributed by atoms with van der Waals surface area (Å²) < 4.78 is 37.5. The Morgan fingerprint density at radius 1 is 1.47 bits per heavy atom. The number of hydrogen-bond donors (Lipinski definition) is 0. The second-order valence-electron chi connectivity index (χ2n) is 3.34. The predicted octanol–water partition coefficient (Wildman–Crippen LogP) is 1.69. The summed E-state index contributed by atoms with van der Waals surface area (Å²) in [5.41, 5.74) is -0.893. The topological polar surface area (TPSA) is 33.2 Å². The Bertz CT molecular complexity index is 428. The first-order chi connectivity index (χ1) is 6.91. The fourth-order valence-corrected chi connectivity index (χ4v) is 1.61. The summed E-state index contributed by atoms with van der Waals surface area (Å²) in [7, 11) is 1.46. The molecule has 0 N–H and O–H groups in total. The van der Waals surface area contributed by atoms with Crippen LogP contribution < -0.4 is 0 Å². The smallest absolute Gasteiger partial charge is 0.337 e. The molecule has 0 radical (unpaired) electrons. The standard InChI is InChI=1S/C9H7F3N2O/c1-14-4-6-5(8(14)15)2-3-13-7(6)9(10,11)12/h2-3H,4H2,1H3. The van der Waals surface area contributed by atoms with E-state index in [9.17, 15) is 18.0 Å². The largest absolute Gasteiger partial charge is 0.433 e. The lowest BCUT2D eigenvalue weighted by atomic mass is 10.1. The number of aromatic nitrogens is 1. The molecule has 0 aliphatic carbocycles. The van der Waals surface area contributed by atoms with E-state index in [0.29, 0.717) is 0 Å². The van der Waals surface area contributed by atoms with Gasteiger partial charge < -0.3 is 4.90 Å². The molecule has 1 amide bonds. The highest BCUT2D eigenvalue weighted by Gasteiger charge is 2.39. The zero-order valence-corrected chi connectivity index (χ0v) is 7.80. The molecule has 1 aromatic rings. The number of nitrogens with zero attached hydrogens (tertiary/aromatic N) is 2. The van der Waals surface area contributed by atoms with Gasteiger partial charge in [0.2, 0.25) is 0 Å². The van der Waals surface area contributed by atoms with E-state index in [0.717, 1.165) is 6.20 Å². The van der Waals surface area contributed by atoms with Crippen molar-refractivity contribution in [3.05, 3.63) is 29.1 Å². The number of fused-ring (bicyclic) bond motifs is 1. The van der Waals surface area contributed by atoms with Gasteiger partial charge in [-0.15, -0.1) is 0 Å². The van der Waals surface area contributed by atoms with Crippen molar-refractivity contribution in [2.24, 2.45) is 0 Å². The monoisotopic (exact) mass is 216 g/mol. The van der Waals surface area contributed by atoms with Gasteiger partial charge in [-0.2, -0.15) is 13.2 Å². The van der Waals surface area contributed by atoms with Gasteiger partial charge >= 0.3 is 6.18 Å². The molecule has 2 rings (SSSR count). The number of hydrogen-bond acceptors (Lipinski definition) is 2. The molecule has 0 saturated heterocycles. The number of rotatable bonds is 0. The molecular weight excluding hydrogens is 209 g/mol. The van der Waals surface area contributed by atoms with Crippen LogP contribution in [0.2, 0.25) is 0 Å². The van der Waals surface area contributed by atoms with Crippen LogP contribution in [-0.4, -0.2) is 22.8 Å². The van der Waals surface area contributed by atoms with Crippen molar-refractivity contribution in [1.82, 2.24) is 9.88 Å². The van der Waals surface area contributed by atoms with Crippen molar-refractivity contribution in [1.29, 1.82) is 0 Å². The number of carbonyl (C=O) groups is 1. The predicted molar refractivity (Wildman–Crippen MR) is 45.0 cm³/mol. The number of amides is 1. The first-order valence-electron chi connectivity index (χ1n) is 4.22. The molecule has 6 heteroatoms. The van der Waals surface area contributed by atoms with E-state index in [1.165, 1.54) is 18.0 Å². The highest BCUT2D eigenvalue weighted by Crippen LogP contribution is 2.34. The summed E-state index contributed by atoms with van der Waals surface area (Å²) in [5.74, 6) is -0.391. The third-order valence-corrected chi connectivity index (χ3v) is 2.30. The van der Waals surface area contributed by atoms with Crippen LogP contribution >= 0.6 is 0 Å². The second-order valence-corrected chi connectivity index (χ2v) is 3.34. The summed E-state index contributed by atoms with van der Waals surface area (Å²) in [6, 6.07) is 1.32. The van der Waals surface area contributed by atoms with Crippen molar-refractivity contribution in [2.45, 2.75) is 12.7 Å². The van der Waals surface area contributed by atoms with E-state index in [2.05, 4.69) is 4.98 Å². The first kappa shape index (κ1) is 9.95. The molecule has 0 bridgehead atoms. The first-order valence-corrected chi connectivity index (χ1v) is 4.22. The lowest BCUT2D eigenvalue weighted by Crippen LogP contribution is -2.17. The molecule has 1 aliphatic rings. The molecule has 2 heterocycles. The van der Waals surface area contributed by atoms with E-state index in [-0.39, 0.29) is 17.7 Å². The summed E-state index contributed by atoms with van der Waals surface area (Å²) in [5, 5.41) is 0. The summed E-state index contributed by atoms with van der Waals surface area (Å²) >= 11 is 0. The maximum atomic E-state index is 12.5. The third-order valence-electron chi connectivity index (χ3n) is 2.30. The van der Waals surface area contributed by atoms with Gasteiger partial charge in [-0.25, -0.2) is 0 Å². The van der Waals surface area contributed by atoms with Crippen molar-refractivity contribution >= 4 is 5.91 Å². The fourth-order valence-electron chi connectivity index (χ4n) is 1.61. The second kappa shape index (κ2) is 2.95. The Balaban J connectivity index is 2.60. The Hall–Kier alpha value is -1.59. The quantitative estimate of drug-likeness (QED) is 0.661. The van der Waals surface area contributed by atoms with E-state index in [4.69, 9.17) is 0 Å². The van der Waals surface area contributed by atoms with Crippen molar-refractivity contribution in [3.63, 3.8) is 0 Å². The molecule has 0 aromatic carbocycles. The molecule has 0 unspecified atom stereocenters. The molecule has 0 spiro atoms. The van der Waals surface area contributed by atoms with E-state index in [1.54, 1.807) is 0 Å². The Morgan fingerprint density at radius 2 is 2.13 bits per heavy atom. The van der Waals surface area contributed by atoms with E-state index >= 15 is 0 Å². The summed E-state index contributed by atoms with van der Waals surface area (Å²) in [6.45, 7) is -0.0309. The van der Waals surface area contributed by atoms with Gasteiger partial charge in [-0.3, -0.25) is 9.78 Å². The molecule has 0 saturated carbocycles. The zero-order chi connectivity index (χ0) is 11.2. The number of carbonyl (C=O) groups excluding carboxylic acids is 1. The third kappa shape index (κ3) is 1.45. The SMILES string of the molecule is CN1Cc2c(ccnc2C(F)(F)F)C1=O. The van der Waals surface area contributed by atoms with Gasteiger partial charge in [0, 0.05) is 30.9 Å². The minimum absolute atomic E-state index is 0.0301. The number of alkyl halides is 3. The average molecular weight is 216 g/mol. The van der Waals surface area contributed by atoms with Gasteiger partial charge in [0.25, 0.3) is 5.91 Å². The number of halogens is 3. The van der Waals surface area contributed by atoms with Crippen molar-refractivity contribution in [3.8, 4) is 0 Å². The van der Waals surface area contributed by atoms with Crippen LogP contribution in [0.4, 0.5) is 13.2 Å². The number of pyridine rings is 1. The molecule has 3 nitrogen and oxygen atoms in total. The fraction of sp³-hybridized carbons (Fsp3) is 0.333. The Kier molecular flexibility index (Phi) is 1.95. The maximum Gasteiger partial charge on any atom is 0.433 e. The van der Waals surface area contributed by atoms with Gasteiger partial charge in [-0.05, 0) is 6.07 Å². The van der Waals surface area contributed by atoms with Gasteiger partial charge in [0.05, 0.1) is 0 Å². The minimum atomic E-state index is -4.50. The molecule has 1 aliphatic heterocycles. The van der Waals surface area contributed by atoms with Crippen LogP contribution in [0, 0.1) is 0 Å². The lowest BCUT2D eigenvalue weighted by Gasteiger charge is -2.09. The molecule has 0 fully saturated rings. The molecular formula is C9H7F3N2O. The van der Waals surface area contributed by atoms with Crippen LogP contribution in [0.3, 0.4) is 0 Å². The van der Waals surface area contributed by atoms with Crippen molar-refractivity contribution in [2.75, 3.05) is 7.05 Å². The highest BCUT2D eigenvalue weighted by molar-refractivity contribution is 5.98.